The van der Waals surface area contributed by atoms with E-state index in [1.54, 1.807) is 18.3 Å². The SMILES string of the molecule is NC(=O)n1c(C2CCC(c3ccnc4ccc(F)cc34)CC2)nc2cc(C(=O)O)ccc21. The van der Waals surface area contributed by atoms with E-state index in [0.717, 1.165) is 42.1 Å². The number of nitrogens with two attached hydrogens (primary N) is 1. The van der Waals surface area contributed by atoms with E-state index in [-0.39, 0.29) is 23.2 Å². The number of fused-ring (bicyclic) bond motifs is 2. The number of carboxylic acid groups (broad SMARTS) is 1. The minimum absolute atomic E-state index is 0.0178. The number of carboxylic acids is 1. The lowest BCUT2D eigenvalue weighted by atomic mass is 9.77. The average Bonchev–Trinajstić information content (AvgIpc) is 3.18. The van der Waals surface area contributed by atoms with Gasteiger partial charge in [-0.2, -0.15) is 0 Å². The first kappa shape index (κ1) is 20.1. The molecule has 32 heavy (non-hydrogen) atoms. The van der Waals surface area contributed by atoms with Crippen molar-refractivity contribution in [3.8, 4) is 0 Å². The first-order chi connectivity index (χ1) is 15.4. The molecule has 2 aromatic carbocycles. The zero-order valence-electron chi connectivity index (χ0n) is 17.2. The Kier molecular flexibility index (Phi) is 4.84. The number of pyridine rings is 1. The second kappa shape index (κ2) is 7.71. The highest BCUT2D eigenvalue weighted by Gasteiger charge is 2.29. The molecule has 3 N–H and O–H groups in total. The number of rotatable bonds is 3. The van der Waals surface area contributed by atoms with Crippen molar-refractivity contribution < 1.29 is 19.1 Å². The summed E-state index contributed by atoms with van der Waals surface area (Å²) in [5.74, 6) is -0.494. The van der Waals surface area contributed by atoms with Gasteiger partial charge in [-0.3, -0.25) is 4.98 Å². The fraction of sp³-hybridized carbons (Fsp3) is 0.250. The number of nitrogens with zero attached hydrogens (tertiary/aromatic N) is 3. The fourth-order valence-electron chi connectivity index (χ4n) is 4.90. The Morgan fingerprint density at radius 2 is 1.75 bits per heavy atom. The Bertz CT molecular complexity index is 1370. The number of carbonyl (C=O) groups is 2. The van der Waals surface area contributed by atoms with Gasteiger partial charge in [0.2, 0.25) is 0 Å². The molecular weight excluding hydrogens is 411 g/mol. The summed E-state index contributed by atoms with van der Waals surface area (Å²) in [4.78, 5) is 32.5. The quantitative estimate of drug-likeness (QED) is 0.483. The number of imidazole rings is 1. The maximum atomic E-state index is 13.8. The minimum Gasteiger partial charge on any atom is -0.478 e. The van der Waals surface area contributed by atoms with Gasteiger partial charge in [0.05, 0.1) is 22.1 Å². The molecule has 0 unspecified atom stereocenters. The largest absolute Gasteiger partial charge is 0.478 e. The number of aromatic carboxylic acids is 1. The second-order valence-corrected chi connectivity index (χ2v) is 8.26. The molecule has 7 nitrogen and oxygen atoms in total. The van der Waals surface area contributed by atoms with Gasteiger partial charge >= 0.3 is 12.0 Å². The van der Waals surface area contributed by atoms with Crippen LogP contribution in [0.25, 0.3) is 21.9 Å². The highest BCUT2D eigenvalue weighted by Crippen LogP contribution is 2.42. The molecule has 0 aliphatic heterocycles. The van der Waals surface area contributed by atoms with Crippen molar-refractivity contribution in [2.24, 2.45) is 5.73 Å². The number of hydrogen-bond donors (Lipinski definition) is 2. The number of primary amides is 1. The Balaban J connectivity index is 1.45. The van der Waals surface area contributed by atoms with Crippen LogP contribution < -0.4 is 5.73 Å². The van der Waals surface area contributed by atoms with Crippen molar-refractivity contribution in [2.45, 2.75) is 37.5 Å². The lowest BCUT2D eigenvalue weighted by Crippen LogP contribution is -2.24. The van der Waals surface area contributed by atoms with Crippen LogP contribution in [-0.2, 0) is 0 Å². The lowest BCUT2D eigenvalue weighted by molar-refractivity contribution is 0.0697. The van der Waals surface area contributed by atoms with Gasteiger partial charge in [0.25, 0.3) is 0 Å². The number of halogens is 1. The molecule has 1 aliphatic carbocycles. The number of carbonyl (C=O) groups excluding carboxylic acids is 1. The second-order valence-electron chi connectivity index (χ2n) is 8.26. The topological polar surface area (TPSA) is 111 Å². The molecule has 8 heteroatoms. The van der Waals surface area contributed by atoms with E-state index in [1.165, 1.54) is 28.8 Å². The van der Waals surface area contributed by atoms with E-state index in [9.17, 15) is 19.1 Å². The van der Waals surface area contributed by atoms with E-state index in [1.807, 2.05) is 6.07 Å². The third-order valence-electron chi connectivity index (χ3n) is 6.42. The number of amides is 1. The Hall–Kier alpha value is -3.81. The fourth-order valence-corrected chi connectivity index (χ4v) is 4.90. The Morgan fingerprint density at radius 3 is 2.47 bits per heavy atom. The van der Waals surface area contributed by atoms with Crippen molar-refractivity contribution >= 4 is 33.9 Å². The van der Waals surface area contributed by atoms with Gasteiger partial charge in [-0.15, -0.1) is 0 Å². The third kappa shape index (κ3) is 3.37. The van der Waals surface area contributed by atoms with Gasteiger partial charge in [0, 0.05) is 17.5 Å². The van der Waals surface area contributed by atoms with E-state index in [0.29, 0.717) is 16.9 Å². The molecule has 1 amide bonds. The first-order valence-corrected chi connectivity index (χ1v) is 10.5. The lowest BCUT2D eigenvalue weighted by Gasteiger charge is -2.29. The first-order valence-electron chi connectivity index (χ1n) is 10.5. The zero-order chi connectivity index (χ0) is 22.4. The van der Waals surface area contributed by atoms with Crippen molar-refractivity contribution in [2.75, 3.05) is 0 Å². The molecule has 1 saturated carbocycles. The van der Waals surface area contributed by atoms with Crippen LogP contribution in [0.15, 0.2) is 48.7 Å². The average molecular weight is 432 g/mol. The van der Waals surface area contributed by atoms with Gasteiger partial charge in [-0.05, 0) is 79.6 Å². The molecule has 2 aromatic heterocycles. The zero-order valence-corrected chi connectivity index (χ0v) is 17.2. The van der Waals surface area contributed by atoms with Crippen LogP contribution in [-0.4, -0.2) is 31.6 Å². The molecule has 5 rings (SSSR count). The van der Waals surface area contributed by atoms with E-state index < -0.39 is 12.0 Å². The Morgan fingerprint density at radius 1 is 1.00 bits per heavy atom. The van der Waals surface area contributed by atoms with Crippen LogP contribution in [0.2, 0.25) is 0 Å². The summed E-state index contributed by atoms with van der Waals surface area (Å²) >= 11 is 0. The monoisotopic (exact) mass is 432 g/mol. The van der Waals surface area contributed by atoms with E-state index >= 15 is 0 Å². The smallest absolute Gasteiger partial charge is 0.335 e. The van der Waals surface area contributed by atoms with E-state index in [2.05, 4.69) is 9.97 Å². The van der Waals surface area contributed by atoms with Crippen LogP contribution in [0.3, 0.4) is 0 Å². The van der Waals surface area contributed by atoms with Gasteiger partial charge in [-0.1, -0.05) is 0 Å². The number of hydrogen-bond acceptors (Lipinski definition) is 4. The summed E-state index contributed by atoms with van der Waals surface area (Å²) < 4.78 is 15.2. The summed E-state index contributed by atoms with van der Waals surface area (Å²) in [6, 6.07) is 10.5. The summed E-state index contributed by atoms with van der Waals surface area (Å²) in [6.45, 7) is 0. The summed E-state index contributed by atoms with van der Waals surface area (Å²) in [5.41, 5.74) is 8.57. The van der Waals surface area contributed by atoms with Gasteiger partial charge < -0.3 is 10.8 Å². The van der Waals surface area contributed by atoms with Gasteiger partial charge in [0.1, 0.15) is 11.6 Å². The summed E-state index contributed by atoms with van der Waals surface area (Å²) in [7, 11) is 0. The minimum atomic E-state index is -1.05. The van der Waals surface area contributed by atoms with Crippen molar-refractivity contribution in [3.63, 3.8) is 0 Å². The van der Waals surface area contributed by atoms with Crippen molar-refractivity contribution in [1.29, 1.82) is 0 Å². The van der Waals surface area contributed by atoms with Crippen molar-refractivity contribution in [1.82, 2.24) is 14.5 Å². The number of aromatic nitrogens is 3. The molecule has 1 fully saturated rings. The van der Waals surface area contributed by atoms with Crippen LogP contribution in [0.4, 0.5) is 9.18 Å². The third-order valence-corrected chi connectivity index (χ3v) is 6.42. The molecular formula is C24H21FN4O3. The predicted molar refractivity (Wildman–Crippen MR) is 117 cm³/mol. The molecule has 4 aromatic rings. The molecule has 0 bridgehead atoms. The van der Waals surface area contributed by atoms with Crippen molar-refractivity contribution in [3.05, 3.63) is 71.4 Å². The highest BCUT2D eigenvalue weighted by atomic mass is 19.1. The van der Waals surface area contributed by atoms with E-state index in [4.69, 9.17) is 5.73 Å². The molecule has 162 valence electrons. The molecule has 0 radical (unpaired) electrons. The van der Waals surface area contributed by atoms with Crippen LogP contribution in [0.1, 0.15) is 59.3 Å². The highest BCUT2D eigenvalue weighted by molar-refractivity contribution is 5.95. The summed E-state index contributed by atoms with van der Waals surface area (Å²) in [5, 5.41) is 10.1. The molecule has 0 atom stereocenters. The maximum absolute atomic E-state index is 13.8. The maximum Gasteiger partial charge on any atom is 0.335 e. The number of benzene rings is 2. The van der Waals surface area contributed by atoms with Crippen LogP contribution in [0, 0.1) is 5.82 Å². The molecule has 1 aliphatic rings. The normalized spacial score (nSPS) is 18.8. The standard InChI is InChI=1S/C24H21FN4O3/c25-16-6-7-19-18(12-16)17(9-10-27-19)13-1-3-14(4-2-13)22-28-20-11-15(23(30)31)5-8-21(20)29(22)24(26)32/h5-14H,1-4H2,(H2,26,32)(H,30,31). The summed E-state index contributed by atoms with van der Waals surface area (Å²) in [6.07, 6.45) is 5.03. The molecule has 0 spiro atoms. The Labute approximate surface area is 182 Å². The van der Waals surface area contributed by atoms with Crippen LogP contribution in [0.5, 0.6) is 0 Å². The van der Waals surface area contributed by atoms with Gasteiger partial charge in [0.15, 0.2) is 0 Å². The van der Waals surface area contributed by atoms with Crippen LogP contribution >= 0.6 is 0 Å². The van der Waals surface area contributed by atoms with Gasteiger partial charge in [-0.25, -0.2) is 23.5 Å². The molecule has 2 heterocycles. The predicted octanol–water partition coefficient (Wildman–Crippen LogP) is 4.79. The molecule has 0 saturated heterocycles.